The van der Waals surface area contributed by atoms with Gasteiger partial charge < -0.3 is 5.11 Å². The molecule has 0 saturated heterocycles. The van der Waals surface area contributed by atoms with Crippen LogP contribution >= 0.6 is 11.8 Å². The van der Waals surface area contributed by atoms with Crippen LogP contribution in [0.4, 0.5) is 0 Å². The summed E-state index contributed by atoms with van der Waals surface area (Å²) in [5.41, 5.74) is 3.09. The Balaban J connectivity index is 2.30. The molecule has 0 spiro atoms. The highest BCUT2D eigenvalue weighted by Gasteiger charge is 2.17. The van der Waals surface area contributed by atoms with Crippen LogP contribution in [-0.2, 0) is 5.75 Å². The van der Waals surface area contributed by atoms with Gasteiger partial charge in [0, 0.05) is 5.75 Å². The molecule has 0 unspecified atom stereocenters. The molecular formula is C15H16N2O2S. The van der Waals surface area contributed by atoms with Crippen LogP contribution in [0.5, 0.6) is 0 Å². The van der Waals surface area contributed by atoms with Gasteiger partial charge in [0.2, 0.25) is 0 Å². The van der Waals surface area contributed by atoms with E-state index in [0.29, 0.717) is 22.3 Å². The van der Waals surface area contributed by atoms with Gasteiger partial charge in [-0.25, -0.2) is 14.8 Å². The van der Waals surface area contributed by atoms with E-state index in [2.05, 4.69) is 9.97 Å². The monoisotopic (exact) mass is 288 g/mol. The Hall–Kier alpha value is -1.88. The fourth-order valence-electron chi connectivity index (χ4n) is 1.95. The zero-order chi connectivity index (χ0) is 14.7. The topological polar surface area (TPSA) is 63.1 Å². The fourth-order valence-corrected chi connectivity index (χ4v) is 3.14. The lowest BCUT2D eigenvalue weighted by atomic mass is 10.1. The quantitative estimate of drug-likeness (QED) is 0.690. The summed E-state index contributed by atoms with van der Waals surface area (Å²) in [4.78, 5) is 19.7. The van der Waals surface area contributed by atoms with Gasteiger partial charge in [0.05, 0.1) is 5.69 Å². The van der Waals surface area contributed by atoms with E-state index in [-0.39, 0.29) is 5.56 Å². The Kier molecular flexibility index (Phi) is 4.39. The summed E-state index contributed by atoms with van der Waals surface area (Å²) in [5, 5.41) is 9.83. The molecule has 0 amide bonds. The van der Waals surface area contributed by atoms with Crippen molar-refractivity contribution in [3.63, 3.8) is 0 Å². The van der Waals surface area contributed by atoms with E-state index in [1.165, 1.54) is 22.9 Å². The van der Waals surface area contributed by atoms with Gasteiger partial charge in [-0.3, -0.25) is 0 Å². The second-order valence-corrected chi connectivity index (χ2v) is 5.52. The first-order chi connectivity index (χ1) is 9.49. The Labute approximate surface area is 122 Å². The average Bonchev–Trinajstić information content (AvgIpc) is 2.36. The van der Waals surface area contributed by atoms with Crippen molar-refractivity contribution in [2.45, 2.75) is 31.6 Å². The Bertz CT molecular complexity index is 656. The number of hydrogen-bond donors (Lipinski definition) is 1. The molecule has 1 aromatic carbocycles. The zero-order valence-corrected chi connectivity index (χ0v) is 12.5. The average molecular weight is 288 g/mol. The van der Waals surface area contributed by atoms with E-state index in [0.717, 1.165) is 0 Å². The molecule has 0 bridgehead atoms. The fraction of sp³-hybridized carbons (Fsp3) is 0.267. The summed E-state index contributed by atoms with van der Waals surface area (Å²) in [6.07, 6.45) is 0. The van der Waals surface area contributed by atoms with E-state index in [9.17, 15) is 9.90 Å². The minimum Gasteiger partial charge on any atom is -0.478 e. The van der Waals surface area contributed by atoms with E-state index in [1.54, 1.807) is 13.8 Å². The first kappa shape index (κ1) is 14.5. The summed E-state index contributed by atoms with van der Waals surface area (Å²) in [6, 6.07) is 8.07. The van der Waals surface area contributed by atoms with Gasteiger partial charge in [-0.2, -0.15) is 0 Å². The molecule has 4 nitrogen and oxygen atoms in total. The van der Waals surface area contributed by atoms with Gasteiger partial charge in [0.15, 0.2) is 0 Å². The van der Waals surface area contributed by atoms with Crippen molar-refractivity contribution in [2.24, 2.45) is 0 Å². The van der Waals surface area contributed by atoms with Crippen LogP contribution in [0.2, 0.25) is 0 Å². The number of carbonyl (C=O) groups is 1. The van der Waals surface area contributed by atoms with Crippen molar-refractivity contribution in [1.29, 1.82) is 0 Å². The Morgan fingerprint density at radius 1 is 1.20 bits per heavy atom. The van der Waals surface area contributed by atoms with Crippen LogP contribution in [0.3, 0.4) is 0 Å². The highest BCUT2D eigenvalue weighted by Crippen LogP contribution is 2.27. The van der Waals surface area contributed by atoms with Gasteiger partial charge in [0.1, 0.15) is 16.4 Å². The molecular weight excluding hydrogens is 272 g/mol. The maximum atomic E-state index is 11.3. The third-order valence-corrected chi connectivity index (χ3v) is 4.03. The van der Waals surface area contributed by atoms with Crippen LogP contribution in [0.1, 0.15) is 33.0 Å². The van der Waals surface area contributed by atoms with Crippen molar-refractivity contribution in [3.8, 4) is 0 Å². The first-order valence-corrected chi connectivity index (χ1v) is 7.23. The number of benzene rings is 1. The third-order valence-electron chi connectivity index (χ3n) is 3.01. The highest BCUT2D eigenvalue weighted by molar-refractivity contribution is 7.98. The molecule has 1 N–H and O–H groups in total. The molecule has 1 heterocycles. The second kappa shape index (κ2) is 6.05. The minimum absolute atomic E-state index is 0.203. The third kappa shape index (κ3) is 3.17. The summed E-state index contributed by atoms with van der Waals surface area (Å²) < 4.78 is 0. The van der Waals surface area contributed by atoms with Crippen molar-refractivity contribution in [1.82, 2.24) is 9.97 Å². The lowest BCUT2D eigenvalue weighted by Gasteiger charge is -2.09. The Morgan fingerprint density at radius 3 is 2.55 bits per heavy atom. The molecule has 0 aliphatic carbocycles. The number of carboxylic acid groups (broad SMARTS) is 1. The predicted molar refractivity (Wildman–Crippen MR) is 79.2 cm³/mol. The SMILES string of the molecule is Cc1nc(C)c(C(=O)O)c(SCc2ccccc2C)n1. The molecule has 2 rings (SSSR count). The number of aromatic carboxylic acids is 1. The maximum Gasteiger partial charge on any atom is 0.340 e. The van der Waals surface area contributed by atoms with Gasteiger partial charge in [0.25, 0.3) is 0 Å². The molecule has 0 fully saturated rings. The van der Waals surface area contributed by atoms with E-state index in [1.807, 2.05) is 31.2 Å². The second-order valence-electron chi connectivity index (χ2n) is 4.56. The van der Waals surface area contributed by atoms with Gasteiger partial charge in [-0.15, -0.1) is 11.8 Å². The number of carboxylic acids is 1. The molecule has 5 heteroatoms. The molecule has 0 atom stereocenters. The summed E-state index contributed by atoms with van der Waals surface area (Å²) in [6.45, 7) is 5.52. The molecule has 0 radical (unpaired) electrons. The van der Waals surface area contributed by atoms with E-state index < -0.39 is 5.97 Å². The van der Waals surface area contributed by atoms with Gasteiger partial charge in [-0.1, -0.05) is 24.3 Å². The van der Waals surface area contributed by atoms with Crippen LogP contribution < -0.4 is 0 Å². The van der Waals surface area contributed by atoms with Gasteiger partial charge >= 0.3 is 5.97 Å². The number of aryl methyl sites for hydroxylation is 3. The maximum absolute atomic E-state index is 11.3. The van der Waals surface area contributed by atoms with Crippen molar-refractivity contribution in [3.05, 3.63) is 52.5 Å². The standard InChI is InChI=1S/C15H16N2O2S/c1-9-6-4-5-7-12(9)8-20-14-13(15(18)19)10(2)16-11(3)17-14/h4-7H,8H2,1-3H3,(H,18,19). The molecule has 2 aromatic rings. The molecule has 0 aliphatic rings. The van der Waals surface area contributed by atoms with E-state index in [4.69, 9.17) is 0 Å². The zero-order valence-electron chi connectivity index (χ0n) is 11.7. The number of aromatic nitrogens is 2. The number of thioether (sulfide) groups is 1. The summed E-state index contributed by atoms with van der Waals surface area (Å²) >= 11 is 1.44. The van der Waals surface area contributed by atoms with Crippen molar-refractivity contribution in [2.75, 3.05) is 0 Å². The van der Waals surface area contributed by atoms with E-state index >= 15 is 0 Å². The number of rotatable bonds is 4. The molecule has 104 valence electrons. The molecule has 20 heavy (non-hydrogen) atoms. The number of nitrogens with zero attached hydrogens (tertiary/aromatic N) is 2. The highest BCUT2D eigenvalue weighted by atomic mass is 32.2. The van der Waals surface area contributed by atoms with Crippen LogP contribution in [0.25, 0.3) is 0 Å². The normalized spacial score (nSPS) is 10.6. The smallest absolute Gasteiger partial charge is 0.340 e. The summed E-state index contributed by atoms with van der Waals surface area (Å²) in [7, 11) is 0. The Morgan fingerprint density at radius 2 is 1.90 bits per heavy atom. The van der Waals surface area contributed by atoms with Crippen molar-refractivity contribution >= 4 is 17.7 Å². The van der Waals surface area contributed by atoms with Crippen LogP contribution in [0.15, 0.2) is 29.3 Å². The lowest BCUT2D eigenvalue weighted by Crippen LogP contribution is -2.08. The predicted octanol–water partition coefficient (Wildman–Crippen LogP) is 3.39. The van der Waals surface area contributed by atoms with Crippen molar-refractivity contribution < 1.29 is 9.90 Å². The largest absolute Gasteiger partial charge is 0.478 e. The number of hydrogen-bond acceptors (Lipinski definition) is 4. The summed E-state index contributed by atoms with van der Waals surface area (Å²) in [5.74, 6) is 0.317. The van der Waals surface area contributed by atoms with Crippen LogP contribution in [-0.4, -0.2) is 21.0 Å². The molecule has 1 aromatic heterocycles. The molecule has 0 aliphatic heterocycles. The minimum atomic E-state index is -0.977. The van der Waals surface area contributed by atoms with Gasteiger partial charge in [-0.05, 0) is 31.9 Å². The molecule has 0 saturated carbocycles. The van der Waals surface area contributed by atoms with Crippen LogP contribution in [0, 0.1) is 20.8 Å². The lowest BCUT2D eigenvalue weighted by molar-refractivity contribution is 0.0690. The first-order valence-electron chi connectivity index (χ1n) is 6.25.